The van der Waals surface area contributed by atoms with E-state index in [-0.39, 0.29) is 18.6 Å². The normalized spacial score (nSPS) is 15.8. The molecule has 1 amide bonds. The van der Waals surface area contributed by atoms with Crippen molar-refractivity contribution in [3.8, 4) is 5.75 Å². The quantitative estimate of drug-likeness (QED) is 0.610. The van der Waals surface area contributed by atoms with Crippen LogP contribution in [0, 0.1) is 0 Å². The molecule has 1 fully saturated rings. The Labute approximate surface area is 188 Å². The van der Waals surface area contributed by atoms with Crippen molar-refractivity contribution in [3.63, 3.8) is 0 Å². The van der Waals surface area contributed by atoms with E-state index in [9.17, 15) is 9.90 Å². The highest BCUT2D eigenvalue weighted by Gasteiger charge is 2.28. The largest absolute Gasteiger partial charge is 0.495 e. The molecule has 0 saturated carbocycles. The van der Waals surface area contributed by atoms with Gasteiger partial charge in [0.15, 0.2) is 0 Å². The first-order valence-electron chi connectivity index (χ1n) is 10.6. The molecular formula is C22H30ClN5O3. The molecule has 9 heteroatoms. The molecule has 2 aromatic rings. The van der Waals surface area contributed by atoms with Gasteiger partial charge in [-0.25, -0.2) is 4.98 Å². The fourth-order valence-corrected chi connectivity index (χ4v) is 4.06. The van der Waals surface area contributed by atoms with Crippen molar-refractivity contribution >= 4 is 29.3 Å². The summed E-state index contributed by atoms with van der Waals surface area (Å²) in [5, 5.41) is 13.5. The highest BCUT2D eigenvalue weighted by molar-refractivity contribution is 6.32. The van der Waals surface area contributed by atoms with E-state index in [0.29, 0.717) is 47.7 Å². The van der Waals surface area contributed by atoms with Gasteiger partial charge in [-0.2, -0.15) is 4.98 Å². The van der Waals surface area contributed by atoms with Gasteiger partial charge >= 0.3 is 0 Å². The molecule has 168 valence electrons. The molecule has 0 bridgehead atoms. The molecular weight excluding hydrogens is 418 g/mol. The van der Waals surface area contributed by atoms with E-state index in [2.05, 4.69) is 15.3 Å². The van der Waals surface area contributed by atoms with Crippen LogP contribution < -0.4 is 15.0 Å². The van der Waals surface area contributed by atoms with Gasteiger partial charge in [-0.15, -0.1) is 0 Å². The molecule has 2 heterocycles. The fraction of sp³-hybridized carbons (Fsp3) is 0.500. The lowest BCUT2D eigenvalue weighted by molar-refractivity contribution is 0.0773. The Bertz CT molecular complexity index is 907. The Kier molecular flexibility index (Phi) is 7.92. The van der Waals surface area contributed by atoms with E-state index in [1.807, 2.05) is 36.9 Å². The first-order valence-corrected chi connectivity index (χ1v) is 11.0. The van der Waals surface area contributed by atoms with Gasteiger partial charge in [0.1, 0.15) is 17.1 Å². The standard InChI is InChI=1S/C22H30ClN5O3/c1-4-27(5-2)21(30)17-13-25-22(28-10-6-7-16(28)14-29)26-20(17)24-12-15-8-9-19(31-3)18(23)11-15/h8-9,11,13,16,29H,4-7,10,12,14H2,1-3H3,(H,24,25,26)/t16-/m0/s1. The highest BCUT2D eigenvalue weighted by Crippen LogP contribution is 2.27. The molecule has 1 atom stereocenters. The molecule has 1 aromatic heterocycles. The minimum absolute atomic E-state index is 0.00224. The summed E-state index contributed by atoms with van der Waals surface area (Å²) in [4.78, 5) is 25.9. The number of carbonyl (C=O) groups is 1. The number of hydrogen-bond donors (Lipinski definition) is 2. The van der Waals surface area contributed by atoms with Crippen LogP contribution in [0.2, 0.25) is 5.02 Å². The van der Waals surface area contributed by atoms with Crippen LogP contribution >= 0.6 is 11.6 Å². The third-order valence-corrected chi connectivity index (χ3v) is 5.87. The highest BCUT2D eigenvalue weighted by atomic mass is 35.5. The monoisotopic (exact) mass is 447 g/mol. The average Bonchev–Trinajstić information content (AvgIpc) is 3.27. The van der Waals surface area contributed by atoms with Gasteiger partial charge < -0.3 is 25.0 Å². The molecule has 1 aromatic carbocycles. The SMILES string of the molecule is CCN(CC)C(=O)c1cnc(N2CCC[C@H]2CO)nc1NCc1ccc(OC)c(Cl)c1. The molecule has 0 spiro atoms. The topological polar surface area (TPSA) is 90.8 Å². The fourth-order valence-electron chi connectivity index (χ4n) is 3.78. The number of ether oxygens (including phenoxy) is 1. The van der Waals surface area contributed by atoms with E-state index in [4.69, 9.17) is 16.3 Å². The first kappa shape index (κ1) is 23.1. The maximum atomic E-state index is 13.0. The first-order chi connectivity index (χ1) is 15.0. The zero-order chi connectivity index (χ0) is 22.4. The predicted molar refractivity (Wildman–Crippen MR) is 122 cm³/mol. The zero-order valence-electron chi connectivity index (χ0n) is 18.3. The van der Waals surface area contributed by atoms with Gasteiger partial charge in [-0.05, 0) is 44.4 Å². The lowest BCUT2D eigenvalue weighted by Gasteiger charge is -2.25. The maximum Gasteiger partial charge on any atom is 0.259 e. The number of nitrogens with one attached hydrogen (secondary N) is 1. The summed E-state index contributed by atoms with van der Waals surface area (Å²) in [5.41, 5.74) is 1.36. The number of aliphatic hydroxyl groups is 1. The van der Waals surface area contributed by atoms with Crippen LogP contribution in [-0.2, 0) is 6.54 Å². The van der Waals surface area contributed by atoms with E-state index in [1.54, 1.807) is 18.2 Å². The van der Waals surface area contributed by atoms with Crippen LogP contribution in [0.1, 0.15) is 42.6 Å². The Balaban J connectivity index is 1.90. The van der Waals surface area contributed by atoms with Crippen LogP contribution in [0.25, 0.3) is 0 Å². The zero-order valence-corrected chi connectivity index (χ0v) is 19.0. The minimum Gasteiger partial charge on any atom is -0.495 e. The Morgan fingerprint density at radius 2 is 2.16 bits per heavy atom. The molecule has 0 radical (unpaired) electrons. The lowest BCUT2D eigenvalue weighted by Crippen LogP contribution is -2.35. The van der Waals surface area contributed by atoms with Crippen molar-refractivity contribution in [1.29, 1.82) is 0 Å². The Morgan fingerprint density at radius 3 is 2.81 bits per heavy atom. The second-order valence-electron chi connectivity index (χ2n) is 7.40. The molecule has 1 aliphatic heterocycles. The van der Waals surface area contributed by atoms with Crippen molar-refractivity contribution in [2.24, 2.45) is 0 Å². The number of aliphatic hydroxyl groups excluding tert-OH is 1. The number of methoxy groups -OCH3 is 1. The average molecular weight is 448 g/mol. The smallest absolute Gasteiger partial charge is 0.259 e. The summed E-state index contributed by atoms with van der Waals surface area (Å²) in [6.45, 7) is 6.35. The third-order valence-electron chi connectivity index (χ3n) is 5.58. The van der Waals surface area contributed by atoms with Crippen LogP contribution in [-0.4, -0.2) is 65.3 Å². The maximum absolute atomic E-state index is 13.0. The second kappa shape index (κ2) is 10.6. The van der Waals surface area contributed by atoms with Gasteiger partial charge in [-0.3, -0.25) is 4.79 Å². The predicted octanol–water partition coefficient (Wildman–Crippen LogP) is 3.19. The van der Waals surface area contributed by atoms with E-state index in [1.165, 1.54) is 0 Å². The van der Waals surface area contributed by atoms with Crippen molar-refractivity contribution in [3.05, 3.63) is 40.5 Å². The molecule has 8 nitrogen and oxygen atoms in total. The van der Waals surface area contributed by atoms with E-state index in [0.717, 1.165) is 24.9 Å². The van der Waals surface area contributed by atoms with Crippen molar-refractivity contribution in [2.45, 2.75) is 39.3 Å². The van der Waals surface area contributed by atoms with Gasteiger partial charge in [0.25, 0.3) is 5.91 Å². The van der Waals surface area contributed by atoms with E-state index < -0.39 is 0 Å². The summed E-state index contributed by atoms with van der Waals surface area (Å²) in [7, 11) is 1.57. The number of benzene rings is 1. The van der Waals surface area contributed by atoms with Crippen LogP contribution in [0.5, 0.6) is 5.75 Å². The van der Waals surface area contributed by atoms with Crippen molar-refractivity contribution in [1.82, 2.24) is 14.9 Å². The Hall–Kier alpha value is -2.58. The van der Waals surface area contributed by atoms with Gasteiger partial charge in [0.05, 0.1) is 24.8 Å². The number of anilines is 2. The summed E-state index contributed by atoms with van der Waals surface area (Å²) in [6, 6.07) is 5.54. The lowest BCUT2D eigenvalue weighted by atomic mass is 10.2. The summed E-state index contributed by atoms with van der Waals surface area (Å²) >= 11 is 6.25. The molecule has 0 unspecified atom stereocenters. The number of amides is 1. The van der Waals surface area contributed by atoms with Crippen molar-refractivity contribution < 1.29 is 14.6 Å². The van der Waals surface area contributed by atoms with Crippen LogP contribution in [0.15, 0.2) is 24.4 Å². The summed E-state index contributed by atoms with van der Waals surface area (Å²) < 4.78 is 5.21. The van der Waals surface area contributed by atoms with E-state index >= 15 is 0 Å². The molecule has 2 N–H and O–H groups in total. The third kappa shape index (κ3) is 5.19. The van der Waals surface area contributed by atoms with Gasteiger partial charge in [0, 0.05) is 32.4 Å². The number of nitrogens with zero attached hydrogens (tertiary/aromatic N) is 4. The molecule has 0 aliphatic carbocycles. The number of halogens is 1. The number of rotatable bonds is 9. The number of aromatic nitrogens is 2. The molecule has 3 rings (SSSR count). The summed E-state index contributed by atoms with van der Waals surface area (Å²) in [6.07, 6.45) is 3.45. The molecule has 1 saturated heterocycles. The van der Waals surface area contributed by atoms with Crippen LogP contribution in [0.3, 0.4) is 0 Å². The summed E-state index contributed by atoms with van der Waals surface area (Å²) in [5.74, 6) is 1.48. The van der Waals surface area contributed by atoms with Gasteiger partial charge in [-0.1, -0.05) is 17.7 Å². The second-order valence-corrected chi connectivity index (χ2v) is 7.81. The Morgan fingerprint density at radius 1 is 1.39 bits per heavy atom. The number of carbonyl (C=O) groups excluding carboxylic acids is 1. The number of hydrogen-bond acceptors (Lipinski definition) is 7. The van der Waals surface area contributed by atoms with Crippen molar-refractivity contribution in [2.75, 3.05) is 43.6 Å². The minimum atomic E-state index is -0.119. The molecule has 1 aliphatic rings. The van der Waals surface area contributed by atoms with Gasteiger partial charge in [0.2, 0.25) is 5.95 Å². The molecule has 31 heavy (non-hydrogen) atoms. The van der Waals surface area contributed by atoms with Crippen LogP contribution in [0.4, 0.5) is 11.8 Å².